The molecule has 0 saturated carbocycles. The quantitative estimate of drug-likeness (QED) is 0.388. The van der Waals surface area contributed by atoms with Gasteiger partial charge in [0.25, 0.3) is 5.91 Å². The molecular weight excluding hydrogens is 403 g/mol. The van der Waals surface area contributed by atoms with Crippen molar-refractivity contribution in [1.29, 1.82) is 0 Å². The van der Waals surface area contributed by atoms with Gasteiger partial charge in [-0.15, -0.1) is 0 Å². The molecular formula is C20H18ClFN2O5. The second kappa shape index (κ2) is 10.9. The number of benzene rings is 2. The topological polar surface area (TPSA) is 102 Å². The Morgan fingerprint density at radius 2 is 1.62 bits per heavy atom. The van der Waals surface area contributed by atoms with Crippen LogP contribution < -0.4 is 10.9 Å². The average Bonchev–Trinajstić information content (AvgIpc) is 2.71. The second-order valence-corrected chi connectivity index (χ2v) is 6.33. The fraction of sp³-hybridized carbons (Fsp3) is 0.200. The van der Waals surface area contributed by atoms with Crippen molar-refractivity contribution >= 4 is 35.2 Å². The molecule has 0 aliphatic rings. The van der Waals surface area contributed by atoms with Crippen molar-refractivity contribution in [3.05, 3.63) is 70.5 Å². The molecule has 2 rings (SSSR count). The molecule has 2 amide bonds. The van der Waals surface area contributed by atoms with Crippen molar-refractivity contribution in [3.8, 4) is 0 Å². The zero-order chi connectivity index (χ0) is 21.2. The minimum atomic E-state index is -0.645. The molecule has 0 heterocycles. The molecule has 0 atom stereocenters. The molecule has 0 fully saturated rings. The van der Waals surface area contributed by atoms with Gasteiger partial charge >= 0.3 is 5.97 Å². The SMILES string of the molecule is O=C(CCCC(=O)OCC(=O)c1ccc(F)cc1)NNC(=O)c1ccccc1Cl. The lowest BCUT2D eigenvalue weighted by atomic mass is 10.1. The zero-order valence-electron chi connectivity index (χ0n) is 15.2. The van der Waals surface area contributed by atoms with E-state index in [-0.39, 0.29) is 35.4 Å². The lowest BCUT2D eigenvalue weighted by molar-refractivity contribution is -0.142. The van der Waals surface area contributed by atoms with Gasteiger partial charge in [0.1, 0.15) is 5.82 Å². The predicted octanol–water partition coefficient (Wildman–Crippen LogP) is 2.84. The number of hydrogen-bond donors (Lipinski definition) is 2. The summed E-state index contributed by atoms with van der Waals surface area (Å²) < 4.78 is 17.7. The van der Waals surface area contributed by atoms with E-state index in [0.717, 1.165) is 12.1 Å². The molecule has 7 nitrogen and oxygen atoms in total. The van der Waals surface area contributed by atoms with Crippen LogP contribution >= 0.6 is 11.6 Å². The van der Waals surface area contributed by atoms with Crippen LogP contribution in [0, 0.1) is 5.82 Å². The van der Waals surface area contributed by atoms with Crippen molar-refractivity contribution in [2.45, 2.75) is 19.3 Å². The van der Waals surface area contributed by atoms with Crippen LogP contribution in [-0.4, -0.2) is 30.2 Å². The number of ether oxygens (including phenoxy) is 1. The standard InChI is InChI=1S/C20H18ClFN2O5/c21-16-5-2-1-4-15(16)20(28)24-23-18(26)6-3-7-19(27)29-12-17(25)13-8-10-14(22)11-9-13/h1-2,4-5,8-11H,3,6-7,12H2,(H,23,26)(H,24,28). The highest BCUT2D eigenvalue weighted by Crippen LogP contribution is 2.14. The van der Waals surface area contributed by atoms with Crippen LogP contribution in [0.4, 0.5) is 4.39 Å². The number of halogens is 2. The van der Waals surface area contributed by atoms with Gasteiger partial charge in [-0.3, -0.25) is 30.0 Å². The third kappa shape index (κ3) is 7.34. The Bertz CT molecular complexity index is 902. The number of hydrazine groups is 1. The number of Topliss-reactive ketones (excluding diaryl/α,β-unsaturated/α-hetero) is 1. The number of nitrogens with one attached hydrogen (secondary N) is 2. The molecule has 0 bridgehead atoms. The van der Waals surface area contributed by atoms with Gasteiger partial charge < -0.3 is 4.74 Å². The van der Waals surface area contributed by atoms with Crippen LogP contribution in [0.1, 0.15) is 40.0 Å². The van der Waals surface area contributed by atoms with E-state index in [1.165, 1.54) is 18.2 Å². The third-order valence-corrected chi connectivity index (χ3v) is 4.08. The summed E-state index contributed by atoms with van der Waals surface area (Å²) in [6, 6.07) is 11.2. The van der Waals surface area contributed by atoms with Gasteiger partial charge in [-0.1, -0.05) is 23.7 Å². The highest BCUT2D eigenvalue weighted by atomic mass is 35.5. The summed E-state index contributed by atoms with van der Waals surface area (Å²) in [7, 11) is 0. The van der Waals surface area contributed by atoms with Gasteiger partial charge in [0.05, 0.1) is 10.6 Å². The van der Waals surface area contributed by atoms with Gasteiger partial charge in [-0.05, 0) is 42.8 Å². The van der Waals surface area contributed by atoms with Crippen molar-refractivity contribution in [2.24, 2.45) is 0 Å². The molecule has 2 aromatic carbocycles. The summed E-state index contributed by atoms with van der Waals surface area (Å²) in [5.74, 6) is -2.64. The summed E-state index contributed by atoms with van der Waals surface area (Å²) in [5, 5.41) is 0.247. The average molecular weight is 421 g/mol. The summed E-state index contributed by atoms with van der Waals surface area (Å²) >= 11 is 5.89. The summed E-state index contributed by atoms with van der Waals surface area (Å²) in [5.41, 5.74) is 4.89. The van der Waals surface area contributed by atoms with Crippen LogP contribution in [-0.2, 0) is 14.3 Å². The van der Waals surface area contributed by atoms with E-state index >= 15 is 0 Å². The van der Waals surface area contributed by atoms with Crippen LogP contribution in [0.25, 0.3) is 0 Å². The molecule has 0 aliphatic heterocycles. The largest absolute Gasteiger partial charge is 0.457 e. The van der Waals surface area contributed by atoms with Gasteiger partial charge in [0.15, 0.2) is 12.4 Å². The van der Waals surface area contributed by atoms with Gasteiger partial charge in [-0.2, -0.15) is 0 Å². The van der Waals surface area contributed by atoms with Crippen molar-refractivity contribution in [1.82, 2.24) is 10.9 Å². The van der Waals surface area contributed by atoms with Crippen LogP contribution in [0.15, 0.2) is 48.5 Å². The number of hydrogen-bond acceptors (Lipinski definition) is 5. The number of rotatable bonds is 8. The normalized spacial score (nSPS) is 10.1. The van der Waals surface area contributed by atoms with E-state index in [1.807, 2.05) is 0 Å². The number of esters is 1. The molecule has 2 aromatic rings. The summed E-state index contributed by atoms with van der Waals surface area (Å²) in [4.78, 5) is 47.1. The Hall–Kier alpha value is -3.26. The number of carbonyl (C=O) groups is 4. The maximum absolute atomic E-state index is 12.8. The second-order valence-electron chi connectivity index (χ2n) is 5.93. The Labute approximate surface area is 171 Å². The van der Waals surface area contributed by atoms with Crippen molar-refractivity contribution < 1.29 is 28.3 Å². The molecule has 0 aromatic heterocycles. The monoisotopic (exact) mass is 420 g/mol. The molecule has 152 valence electrons. The Morgan fingerprint density at radius 1 is 0.931 bits per heavy atom. The lowest BCUT2D eigenvalue weighted by Crippen LogP contribution is -2.41. The summed E-state index contributed by atoms with van der Waals surface area (Å²) in [6.45, 7) is -0.468. The number of amides is 2. The number of ketones is 1. The van der Waals surface area contributed by atoms with Crippen molar-refractivity contribution in [3.63, 3.8) is 0 Å². The van der Waals surface area contributed by atoms with E-state index in [2.05, 4.69) is 10.9 Å². The smallest absolute Gasteiger partial charge is 0.306 e. The first kappa shape index (κ1) is 22.0. The highest BCUT2D eigenvalue weighted by molar-refractivity contribution is 6.33. The molecule has 0 radical (unpaired) electrons. The minimum Gasteiger partial charge on any atom is -0.457 e. The van der Waals surface area contributed by atoms with E-state index in [1.54, 1.807) is 18.2 Å². The summed E-state index contributed by atoms with van der Waals surface area (Å²) in [6.07, 6.45) is 0.0454. The van der Waals surface area contributed by atoms with Crippen LogP contribution in [0.5, 0.6) is 0 Å². The van der Waals surface area contributed by atoms with Gasteiger partial charge in [0.2, 0.25) is 5.91 Å². The van der Waals surface area contributed by atoms with Crippen LogP contribution in [0.2, 0.25) is 5.02 Å². The first-order chi connectivity index (χ1) is 13.9. The van der Waals surface area contributed by atoms with Crippen LogP contribution in [0.3, 0.4) is 0 Å². The number of carbonyl (C=O) groups excluding carboxylic acids is 4. The van der Waals surface area contributed by atoms with E-state index in [0.29, 0.717) is 0 Å². The molecule has 0 unspecified atom stereocenters. The Kier molecular flexibility index (Phi) is 8.29. The third-order valence-electron chi connectivity index (χ3n) is 3.75. The maximum Gasteiger partial charge on any atom is 0.306 e. The maximum atomic E-state index is 12.8. The molecule has 0 spiro atoms. The van der Waals surface area contributed by atoms with E-state index < -0.39 is 36.0 Å². The fourth-order valence-electron chi connectivity index (χ4n) is 2.23. The van der Waals surface area contributed by atoms with E-state index in [9.17, 15) is 23.6 Å². The van der Waals surface area contributed by atoms with Crippen molar-refractivity contribution in [2.75, 3.05) is 6.61 Å². The first-order valence-electron chi connectivity index (χ1n) is 8.65. The molecule has 0 aliphatic carbocycles. The zero-order valence-corrected chi connectivity index (χ0v) is 16.0. The minimum absolute atomic E-state index is 0.0379. The van der Waals surface area contributed by atoms with Gasteiger partial charge in [0, 0.05) is 18.4 Å². The predicted molar refractivity (Wildman–Crippen MR) is 103 cm³/mol. The fourth-order valence-corrected chi connectivity index (χ4v) is 2.45. The molecule has 29 heavy (non-hydrogen) atoms. The highest BCUT2D eigenvalue weighted by Gasteiger charge is 2.13. The Morgan fingerprint density at radius 3 is 2.31 bits per heavy atom. The molecule has 0 saturated heterocycles. The molecule has 9 heteroatoms. The van der Waals surface area contributed by atoms with Gasteiger partial charge in [-0.25, -0.2) is 4.39 Å². The van der Waals surface area contributed by atoms with E-state index in [4.69, 9.17) is 16.3 Å². The molecule has 2 N–H and O–H groups in total. The lowest BCUT2D eigenvalue weighted by Gasteiger charge is -2.08. The first-order valence-corrected chi connectivity index (χ1v) is 9.02. The Balaban J connectivity index is 1.63.